The quantitative estimate of drug-likeness (QED) is 0.677. The number of halogens is 1. The lowest BCUT2D eigenvalue weighted by molar-refractivity contribution is -0.115. The minimum Gasteiger partial charge on any atom is -0.461 e. The van der Waals surface area contributed by atoms with E-state index in [1.807, 2.05) is 33.0 Å². The number of carbonyl (C=O) groups is 1. The average Bonchev–Trinajstić information content (AvgIpc) is 3.22. The summed E-state index contributed by atoms with van der Waals surface area (Å²) in [4.78, 5) is 12.5. The van der Waals surface area contributed by atoms with E-state index < -0.39 is 0 Å². The molecule has 0 aliphatic rings. The Balaban J connectivity index is 1.71. The summed E-state index contributed by atoms with van der Waals surface area (Å²) in [5, 5.41) is 12.1. The van der Waals surface area contributed by atoms with E-state index >= 15 is 0 Å². The highest BCUT2D eigenvalue weighted by Crippen LogP contribution is 2.28. The number of hydrogen-bond acceptors (Lipinski definition) is 5. The van der Waals surface area contributed by atoms with E-state index in [1.54, 1.807) is 29.0 Å². The molecule has 2 heterocycles. The Bertz CT molecular complexity index is 892. The number of amides is 1. The molecule has 0 saturated heterocycles. The topological polar surface area (TPSA) is 73.0 Å². The number of nitrogens with zero attached hydrogens (tertiary/aromatic N) is 3. The highest BCUT2D eigenvalue weighted by Gasteiger charge is 2.20. The van der Waals surface area contributed by atoms with Crippen LogP contribution in [0.3, 0.4) is 0 Å². The Morgan fingerprint density at radius 2 is 2.12 bits per heavy atom. The molecule has 25 heavy (non-hydrogen) atoms. The first-order valence-corrected chi connectivity index (χ1v) is 8.89. The molecule has 1 atom stereocenters. The van der Waals surface area contributed by atoms with Crippen LogP contribution >= 0.6 is 23.4 Å². The van der Waals surface area contributed by atoms with Crippen molar-refractivity contribution in [3.63, 3.8) is 0 Å². The van der Waals surface area contributed by atoms with Gasteiger partial charge in [0.1, 0.15) is 0 Å². The summed E-state index contributed by atoms with van der Waals surface area (Å²) in [5.74, 6) is 1.12. The number of furan rings is 1. The van der Waals surface area contributed by atoms with E-state index in [2.05, 4.69) is 15.5 Å². The average molecular weight is 377 g/mol. The van der Waals surface area contributed by atoms with E-state index in [0.717, 1.165) is 5.56 Å². The Hall–Kier alpha value is -2.25. The summed E-state index contributed by atoms with van der Waals surface area (Å²) >= 11 is 7.42. The first kappa shape index (κ1) is 17.6. The molecule has 8 heteroatoms. The third kappa shape index (κ3) is 3.72. The molecule has 1 N–H and O–H groups in total. The molecule has 0 radical (unpaired) electrons. The molecule has 1 amide bonds. The maximum Gasteiger partial charge on any atom is 0.237 e. The number of aromatic nitrogens is 3. The van der Waals surface area contributed by atoms with Crippen LogP contribution in [0.1, 0.15) is 12.5 Å². The Labute approximate surface area is 154 Å². The molecule has 0 saturated carbocycles. The smallest absolute Gasteiger partial charge is 0.237 e. The second-order valence-electron chi connectivity index (χ2n) is 5.50. The highest BCUT2D eigenvalue weighted by molar-refractivity contribution is 8.00. The largest absolute Gasteiger partial charge is 0.461 e. The van der Waals surface area contributed by atoms with Gasteiger partial charge in [-0.05, 0) is 43.7 Å². The van der Waals surface area contributed by atoms with Gasteiger partial charge in [-0.2, -0.15) is 0 Å². The molecule has 6 nitrogen and oxygen atoms in total. The minimum atomic E-state index is -0.356. The van der Waals surface area contributed by atoms with E-state index in [9.17, 15) is 4.79 Å². The molecular weight excluding hydrogens is 360 g/mol. The van der Waals surface area contributed by atoms with Crippen molar-refractivity contribution in [3.05, 3.63) is 47.2 Å². The molecule has 0 aliphatic heterocycles. The predicted molar refractivity (Wildman–Crippen MR) is 98.8 cm³/mol. The predicted octanol–water partition coefficient (Wildman–Crippen LogP) is 4.16. The van der Waals surface area contributed by atoms with Crippen LogP contribution in [0.4, 0.5) is 5.69 Å². The first-order chi connectivity index (χ1) is 12.0. The Morgan fingerprint density at radius 1 is 1.32 bits per heavy atom. The normalized spacial score (nSPS) is 12.2. The van der Waals surface area contributed by atoms with Crippen LogP contribution in [0.25, 0.3) is 11.6 Å². The number of hydrogen-bond donors (Lipinski definition) is 1. The van der Waals surface area contributed by atoms with Crippen molar-refractivity contribution in [1.82, 2.24) is 14.8 Å². The summed E-state index contributed by atoms with van der Waals surface area (Å²) in [6.07, 6.45) is 1.58. The molecule has 1 aromatic carbocycles. The maximum atomic E-state index is 12.5. The monoisotopic (exact) mass is 376 g/mol. The maximum absolute atomic E-state index is 12.5. The van der Waals surface area contributed by atoms with Gasteiger partial charge in [0.15, 0.2) is 16.7 Å². The zero-order valence-electron chi connectivity index (χ0n) is 14.0. The molecule has 0 unspecified atom stereocenters. The standard InChI is InChI=1S/C17H17ClN4O2S/c1-10-12(18)6-4-7-13(10)19-16(23)11(2)25-17-21-20-15(22(17)3)14-8-5-9-24-14/h4-9,11H,1-3H3,(H,19,23)/t11-/m1/s1. The van der Waals surface area contributed by atoms with Gasteiger partial charge in [0, 0.05) is 17.8 Å². The molecule has 0 spiro atoms. The van der Waals surface area contributed by atoms with Crippen molar-refractivity contribution in [1.29, 1.82) is 0 Å². The fourth-order valence-electron chi connectivity index (χ4n) is 2.23. The summed E-state index contributed by atoms with van der Waals surface area (Å²) < 4.78 is 7.15. The van der Waals surface area contributed by atoms with Crippen LogP contribution in [0.15, 0.2) is 46.2 Å². The third-order valence-electron chi connectivity index (χ3n) is 3.75. The van der Waals surface area contributed by atoms with Gasteiger partial charge >= 0.3 is 0 Å². The summed E-state index contributed by atoms with van der Waals surface area (Å²) in [6, 6.07) is 9.03. The number of nitrogens with one attached hydrogen (secondary N) is 1. The third-order valence-corrected chi connectivity index (χ3v) is 5.30. The van der Waals surface area contributed by atoms with Crippen LogP contribution in [-0.2, 0) is 11.8 Å². The lowest BCUT2D eigenvalue weighted by Crippen LogP contribution is -2.23. The van der Waals surface area contributed by atoms with Gasteiger partial charge in [-0.15, -0.1) is 10.2 Å². The Kier molecular flexibility index (Phi) is 5.15. The lowest BCUT2D eigenvalue weighted by atomic mass is 10.2. The van der Waals surface area contributed by atoms with Crippen LogP contribution in [0.2, 0.25) is 5.02 Å². The first-order valence-electron chi connectivity index (χ1n) is 7.63. The number of benzene rings is 1. The van der Waals surface area contributed by atoms with Crippen LogP contribution in [-0.4, -0.2) is 25.9 Å². The highest BCUT2D eigenvalue weighted by atomic mass is 35.5. The van der Waals surface area contributed by atoms with Crippen molar-refractivity contribution in [2.75, 3.05) is 5.32 Å². The van der Waals surface area contributed by atoms with Crippen molar-refractivity contribution in [2.45, 2.75) is 24.3 Å². The van der Waals surface area contributed by atoms with E-state index in [1.165, 1.54) is 11.8 Å². The van der Waals surface area contributed by atoms with Gasteiger partial charge in [0.25, 0.3) is 0 Å². The van der Waals surface area contributed by atoms with Gasteiger partial charge in [-0.1, -0.05) is 29.4 Å². The molecule has 0 aliphatic carbocycles. The second kappa shape index (κ2) is 7.33. The van der Waals surface area contributed by atoms with Crippen molar-refractivity contribution in [2.24, 2.45) is 7.05 Å². The van der Waals surface area contributed by atoms with Crippen molar-refractivity contribution in [3.8, 4) is 11.6 Å². The van der Waals surface area contributed by atoms with Crippen molar-refractivity contribution < 1.29 is 9.21 Å². The van der Waals surface area contributed by atoms with Crippen molar-refractivity contribution >= 4 is 35.0 Å². The zero-order valence-corrected chi connectivity index (χ0v) is 15.6. The number of carbonyl (C=O) groups excluding carboxylic acids is 1. The second-order valence-corrected chi connectivity index (χ2v) is 7.22. The number of rotatable bonds is 5. The summed E-state index contributed by atoms with van der Waals surface area (Å²) in [7, 11) is 1.84. The van der Waals surface area contributed by atoms with E-state index in [-0.39, 0.29) is 11.2 Å². The summed E-state index contributed by atoms with van der Waals surface area (Å²) in [5.41, 5.74) is 1.55. The Morgan fingerprint density at radius 3 is 2.84 bits per heavy atom. The number of anilines is 1. The fraction of sp³-hybridized carbons (Fsp3) is 0.235. The van der Waals surface area contributed by atoms with Gasteiger partial charge < -0.3 is 14.3 Å². The van der Waals surface area contributed by atoms with Crippen LogP contribution in [0.5, 0.6) is 0 Å². The van der Waals surface area contributed by atoms with Gasteiger partial charge in [-0.25, -0.2) is 0 Å². The SMILES string of the molecule is Cc1c(Cl)cccc1NC(=O)[C@@H](C)Sc1nnc(-c2ccco2)n1C. The minimum absolute atomic E-state index is 0.127. The van der Waals surface area contributed by atoms with Crippen LogP contribution in [0, 0.1) is 6.92 Å². The van der Waals surface area contributed by atoms with Gasteiger partial charge in [-0.3, -0.25) is 4.79 Å². The molecule has 0 bridgehead atoms. The summed E-state index contributed by atoms with van der Waals surface area (Å²) in [6.45, 7) is 3.69. The van der Waals surface area contributed by atoms with Gasteiger partial charge in [0.2, 0.25) is 5.91 Å². The van der Waals surface area contributed by atoms with Gasteiger partial charge in [0.05, 0.1) is 11.5 Å². The molecule has 130 valence electrons. The molecule has 2 aromatic heterocycles. The fourth-order valence-corrected chi connectivity index (χ4v) is 3.22. The van der Waals surface area contributed by atoms with E-state index in [4.69, 9.17) is 16.0 Å². The molecule has 3 rings (SSSR count). The molecule has 0 fully saturated rings. The zero-order chi connectivity index (χ0) is 18.0. The number of thioether (sulfide) groups is 1. The van der Waals surface area contributed by atoms with Crippen LogP contribution < -0.4 is 5.32 Å². The molecular formula is C17H17ClN4O2S. The van der Waals surface area contributed by atoms with E-state index in [0.29, 0.717) is 27.5 Å². The molecule has 3 aromatic rings. The lowest BCUT2D eigenvalue weighted by Gasteiger charge is -2.13.